The number of hydrogen-bond donors (Lipinski definition) is 0. The minimum absolute atomic E-state index is 0.0916. The van der Waals surface area contributed by atoms with Gasteiger partial charge < -0.3 is 9.47 Å². The predicted octanol–water partition coefficient (Wildman–Crippen LogP) is 1.58. The van der Waals surface area contributed by atoms with Gasteiger partial charge in [0, 0.05) is 18.5 Å². The van der Waals surface area contributed by atoms with E-state index in [2.05, 4.69) is 9.97 Å². The Morgan fingerprint density at radius 1 is 1.32 bits per heavy atom. The van der Waals surface area contributed by atoms with E-state index in [-0.39, 0.29) is 11.4 Å². The van der Waals surface area contributed by atoms with E-state index in [9.17, 15) is 4.79 Å². The van der Waals surface area contributed by atoms with Crippen molar-refractivity contribution in [2.45, 2.75) is 0 Å². The highest BCUT2D eigenvalue weighted by Gasteiger charge is 2.13. The Kier molecular flexibility index (Phi) is 3.69. The maximum absolute atomic E-state index is 11.8. The molecule has 0 aliphatic rings. The van der Waals surface area contributed by atoms with Crippen molar-refractivity contribution in [2.24, 2.45) is 0 Å². The van der Waals surface area contributed by atoms with Crippen molar-refractivity contribution in [1.29, 1.82) is 5.26 Å². The molecule has 0 radical (unpaired) electrons. The van der Waals surface area contributed by atoms with Crippen molar-refractivity contribution in [1.82, 2.24) is 9.97 Å². The van der Waals surface area contributed by atoms with Crippen molar-refractivity contribution >= 4 is 5.97 Å². The van der Waals surface area contributed by atoms with Crippen molar-refractivity contribution in [3.05, 3.63) is 48.0 Å². The average Bonchev–Trinajstić information content (AvgIpc) is 2.48. The molecule has 0 N–H and O–H groups in total. The molecule has 0 unspecified atom stereocenters. The second-order valence-corrected chi connectivity index (χ2v) is 3.46. The highest BCUT2D eigenvalue weighted by Crippen LogP contribution is 2.28. The first kappa shape index (κ1) is 12.5. The standard InChI is InChI=1S/C13H9N3O3/c1-18-12-6-9(7-14)2-3-11(12)19-13(17)10-8-15-4-5-16-10/h2-6,8H,1H3. The molecular formula is C13H9N3O3. The average molecular weight is 255 g/mol. The Hall–Kier alpha value is -2.94. The summed E-state index contributed by atoms with van der Waals surface area (Å²) in [5, 5.41) is 8.78. The van der Waals surface area contributed by atoms with E-state index in [0.29, 0.717) is 11.3 Å². The highest BCUT2D eigenvalue weighted by atomic mass is 16.6. The summed E-state index contributed by atoms with van der Waals surface area (Å²) in [6.07, 6.45) is 4.16. The van der Waals surface area contributed by atoms with Gasteiger partial charge in [0.25, 0.3) is 0 Å². The number of aromatic nitrogens is 2. The van der Waals surface area contributed by atoms with E-state index in [1.54, 1.807) is 0 Å². The molecule has 0 amide bonds. The Bertz CT molecular complexity index is 635. The van der Waals surface area contributed by atoms with E-state index in [1.807, 2.05) is 6.07 Å². The molecular weight excluding hydrogens is 246 g/mol. The number of hydrogen-bond acceptors (Lipinski definition) is 6. The van der Waals surface area contributed by atoms with Crippen molar-refractivity contribution in [3.63, 3.8) is 0 Å². The second-order valence-electron chi connectivity index (χ2n) is 3.46. The lowest BCUT2D eigenvalue weighted by molar-refractivity contribution is 0.0723. The molecule has 6 heteroatoms. The third-order valence-corrected chi connectivity index (χ3v) is 2.27. The molecule has 2 aromatic rings. The topological polar surface area (TPSA) is 85.1 Å². The molecule has 0 saturated heterocycles. The Balaban J connectivity index is 2.24. The van der Waals surface area contributed by atoms with Gasteiger partial charge in [-0.25, -0.2) is 9.78 Å². The fourth-order valence-corrected chi connectivity index (χ4v) is 1.38. The molecule has 1 aromatic heterocycles. The molecule has 0 atom stereocenters. The van der Waals surface area contributed by atoms with Crippen LogP contribution in [0.1, 0.15) is 16.1 Å². The SMILES string of the molecule is COc1cc(C#N)ccc1OC(=O)c1cnccn1. The van der Waals surface area contributed by atoms with E-state index < -0.39 is 5.97 Å². The van der Waals surface area contributed by atoms with Crippen LogP contribution in [-0.4, -0.2) is 23.0 Å². The Morgan fingerprint density at radius 3 is 2.79 bits per heavy atom. The number of carbonyl (C=O) groups is 1. The summed E-state index contributed by atoms with van der Waals surface area (Å²) < 4.78 is 10.2. The van der Waals surface area contributed by atoms with Crippen LogP contribution >= 0.6 is 0 Å². The van der Waals surface area contributed by atoms with Gasteiger partial charge in [0.1, 0.15) is 0 Å². The smallest absolute Gasteiger partial charge is 0.364 e. The first-order valence-electron chi connectivity index (χ1n) is 5.31. The normalized spacial score (nSPS) is 9.47. The minimum Gasteiger partial charge on any atom is -0.493 e. The fraction of sp³-hybridized carbons (Fsp3) is 0.0769. The zero-order chi connectivity index (χ0) is 13.7. The zero-order valence-corrected chi connectivity index (χ0v) is 10.0. The van der Waals surface area contributed by atoms with Crippen molar-refractivity contribution < 1.29 is 14.3 Å². The number of nitriles is 1. The van der Waals surface area contributed by atoms with Gasteiger partial charge in [0.15, 0.2) is 17.2 Å². The van der Waals surface area contributed by atoms with Gasteiger partial charge >= 0.3 is 5.97 Å². The zero-order valence-electron chi connectivity index (χ0n) is 10.0. The maximum atomic E-state index is 11.8. The van der Waals surface area contributed by atoms with Gasteiger partial charge in [0.2, 0.25) is 0 Å². The molecule has 0 bridgehead atoms. The lowest BCUT2D eigenvalue weighted by atomic mass is 10.2. The minimum atomic E-state index is -0.642. The van der Waals surface area contributed by atoms with Crippen LogP contribution in [-0.2, 0) is 0 Å². The molecule has 94 valence electrons. The van der Waals surface area contributed by atoms with Crippen LogP contribution in [0.15, 0.2) is 36.8 Å². The molecule has 0 spiro atoms. The lowest BCUT2D eigenvalue weighted by Gasteiger charge is -2.08. The number of nitrogens with zero attached hydrogens (tertiary/aromatic N) is 3. The van der Waals surface area contributed by atoms with Crippen LogP contribution in [0.5, 0.6) is 11.5 Å². The summed E-state index contributed by atoms with van der Waals surface area (Å²) in [6, 6.07) is 6.48. The summed E-state index contributed by atoms with van der Waals surface area (Å²) in [6.45, 7) is 0. The second kappa shape index (κ2) is 5.60. The Morgan fingerprint density at radius 2 is 2.16 bits per heavy atom. The van der Waals surface area contributed by atoms with Crippen LogP contribution in [0.4, 0.5) is 0 Å². The van der Waals surface area contributed by atoms with E-state index >= 15 is 0 Å². The molecule has 1 aromatic carbocycles. The van der Waals surface area contributed by atoms with Crippen LogP contribution in [0, 0.1) is 11.3 Å². The molecule has 0 fully saturated rings. The largest absolute Gasteiger partial charge is 0.493 e. The summed E-state index contributed by atoms with van der Waals surface area (Å²) in [5.41, 5.74) is 0.505. The van der Waals surface area contributed by atoms with E-state index in [0.717, 1.165) is 0 Å². The Labute approximate surface area is 109 Å². The van der Waals surface area contributed by atoms with E-state index in [4.69, 9.17) is 14.7 Å². The first-order chi connectivity index (χ1) is 9.24. The molecule has 2 rings (SSSR count). The summed E-state index contributed by atoms with van der Waals surface area (Å²) in [5.74, 6) is -0.121. The highest BCUT2D eigenvalue weighted by molar-refractivity contribution is 5.88. The predicted molar refractivity (Wildman–Crippen MR) is 64.7 cm³/mol. The molecule has 1 heterocycles. The van der Waals surface area contributed by atoms with Crippen molar-refractivity contribution in [2.75, 3.05) is 7.11 Å². The van der Waals surface area contributed by atoms with Gasteiger partial charge in [-0.15, -0.1) is 0 Å². The quantitative estimate of drug-likeness (QED) is 0.611. The third-order valence-electron chi connectivity index (χ3n) is 2.27. The van der Waals surface area contributed by atoms with Crippen LogP contribution < -0.4 is 9.47 Å². The molecule has 0 aliphatic carbocycles. The van der Waals surface area contributed by atoms with Crippen molar-refractivity contribution in [3.8, 4) is 17.6 Å². The molecule has 0 saturated carbocycles. The molecule has 19 heavy (non-hydrogen) atoms. The maximum Gasteiger partial charge on any atom is 0.364 e. The van der Waals surface area contributed by atoms with Crippen LogP contribution in [0.2, 0.25) is 0 Å². The van der Waals surface area contributed by atoms with Gasteiger partial charge in [-0.3, -0.25) is 4.98 Å². The van der Waals surface area contributed by atoms with Gasteiger partial charge in [-0.1, -0.05) is 0 Å². The van der Waals surface area contributed by atoms with Gasteiger partial charge in [0.05, 0.1) is 24.9 Å². The third kappa shape index (κ3) is 2.84. The summed E-state index contributed by atoms with van der Waals surface area (Å²) >= 11 is 0. The number of esters is 1. The number of methoxy groups -OCH3 is 1. The number of rotatable bonds is 3. The van der Waals surface area contributed by atoms with Crippen LogP contribution in [0.3, 0.4) is 0 Å². The van der Waals surface area contributed by atoms with Gasteiger partial charge in [-0.2, -0.15) is 5.26 Å². The number of carbonyl (C=O) groups excluding carboxylic acids is 1. The number of ether oxygens (including phenoxy) is 2. The lowest BCUT2D eigenvalue weighted by Crippen LogP contribution is -2.11. The summed E-state index contributed by atoms with van der Waals surface area (Å²) in [7, 11) is 1.43. The molecule has 6 nitrogen and oxygen atoms in total. The van der Waals surface area contributed by atoms with Crippen LogP contribution in [0.25, 0.3) is 0 Å². The monoisotopic (exact) mass is 255 g/mol. The first-order valence-corrected chi connectivity index (χ1v) is 5.31. The number of benzene rings is 1. The van der Waals surface area contributed by atoms with Gasteiger partial charge in [-0.05, 0) is 12.1 Å². The fourth-order valence-electron chi connectivity index (χ4n) is 1.38. The summed E-state index contributed by atoms with van der Waals surface area (Å²) in [4.78, 5) is 19.4. The van der Waals surface area contributed by atoms with E-state index in [1.165, 1.54) is 43.9 Å². The molecule has 0 aliphatic heterocycles.